The second kappa shape index (κ2) is 17.6. The normalized spacial score (nSPS) is 12.5. The number of allylic oxidation sites excluding steroid dienone is 2. The van der Waals surface area contributed by atoms with Gasteiger partial charge in [0.15, 0.2) is 5.78 Å². The van der Waals surface area contributed by atoms with Crippen LogP contribution in [0.15, 0.2) is 84.1 Å². The van der Waals surface area contributed by atoms with Gasteiger partial charge in [-0.25, -0.2) is 0 Å². The molecule has 1 N–H and O–H groups in total. The number of ketones is 1. The molecule has 2 aromatic heterocycles. The van der Waals surface area contributed by atoms with Gasteiger partial charge >= 0.3 is 0 Å². The van der Waals surface area contributed by atoms with E-state index in [1.807, 2.05) is 59.1 Å². The van der Waals surface area contributed by atoms with Crippen molar-refractivity contribution in [3.05, 3.63) is 101 Å². The summed E-state index contributed by atoms with van der Waals surface area (Å²) in [6.07, 6.45) is 7.80. The summed E-state index contributed by atoms with van der Waals surface area (Å²) >= 11 is 1.85. The van der Waals surface area contributed by atoms with Crippen LogP contribution in [0.1, 0.15) is 113 Å². The van der Waals surface area contributed by atoms with Gasteiger partial charge in [0.1, 0.15) is 5.76 Å². The zero-order chi connectivity index (χ0) is 36.9. The minimum Gasteiger partial charge on any atom is -0.512 e. The monoisotopic (exact) mass is 881 g/mol. The number of aliphatic hydroxyl groups is 1. The van der Waals surface area contributed by atoms with E-state index in [0.717, 1.165) is 48.7 Å². The van der Waals surface area contributed by atoms with Crippen molar-refractivity contribution in [3.8, 4) is 22.4 Å². The van der Waals surface area contributed by atoms with Gasteiger partial charge in [-0.3, -0.25) is 9.78 Å². The second-order valence-electron chi connectivity index (χ2n) is 15.8. The number of benzene rings is 3. The number of hydrogen-bond donors (Lipinski definition) is 1. The van der Waals surface area contributed by atoms with E-state index >= 15 is 0 Å². The van der Waals surface area contributed by atoms with Gasteiger partial charge < -0.3 is 5.11 Å². The molecule has 0 aliphatic rings. The third-order valence-corrected chi connectivity index (χ3v) is 11.8. The molecule has 2 heterocycles. The maximum absolute atomic E-state index is 12.2. The van der Waals surface area contributed by atoms with Gasteiger partial charge in [0.2, 0.25) is 0 Å². The van der Waals surface area contributed by atoms with E-state index < -0.39 is 0 Å². The minimum atomic E-state index is -0.337. The Hall–Kier alpha value is -3.11. The van der Waals surface area contributed by atoms with Crippen LogP contribution in [0, 0.1) is 22.8 Å². The number of nitrogens with zero attached hydrogens (tertiary/aromatic N) is 1. The molecule has 0 fully saturated rings. The Morgan fingerprint density at radius 3 is 2.08 bits per heavy atom. The van der Waals surface area contributed by atoms with Gasteiger partial charge in [0, 0.05) is 53.6 Å². The zero-order valence-corrected chi connectivity index (χ0v) is 35.9. The predicted octanol–water partition coefficient (Wildman–Crippen LogP) is 13.7. The van der Waals surface area contributed by atoms with Crippen LogP contribution in [-0.4, -0.2) is 15.9 Å². The fourth-order valence-electron chi connectivity index (χ4n) is 6.29. The van der Waals surface area contributed by atoms with Crippen molar-refractivity contribution in [1.82, 2.24) is 4.98 Å². The van der Waals surface area contributed by atoms with Crippen LogP contribution in [-0.2, 0) is 36.7 Å². The molecule has 275 valence electrons. The average Bonchev–Trinajstić information content (AvgIpc) is 3.51. The summed E-state index contributed by atoms with van der Waals surface area (Å²) in [5, 5.41) is 16.3. The van der Waals surface area contributed by atoms with Crippen LogP contribution < -0.4 is 0 Å². The molecule has 0 amide bonds. The topological polar surface area (TPSA) is 50.2 Å². The molecule has 0 unspecified atom stereocenters. The number of carbonyl (C=O) groups is 1. The van der Waals surface area contributed by atoms with Gasteiger partial charge in [-0.2, -0.15) is 0 Å². The van der Waals surface area contributed by atoms with Crippen molar-refractivity contribution >= 4 is 38.0 Å². The van der Waals surface area contributed by atoms with Gasteiger partial charge in [-0.15, -0.1) is 40.5 Å². The molecule has 5 rings (SSSR count). The Morgan fingerprint density at radius 2 is 1.47 bits per heavy atom. The maximum Gasteiger partial charge on any atom is 0.164 e. The molecule has 51 heavy (non-hydrogen) atoms. The Morgan fingerprint density at radius 1 is 0.843 bits per heavy atom. The van der Waals surface area contributed by atoms with Crippen molar-refractivity contribution in [2.24, 2.45) is 16.7 Å². The van der Waals surface area contributed by atoms with Crippen LogP contribution in [0.25, 0.3) is 43.2 Å². The Kier molecular flexibility index (Phi) is 14.6. The fraction of sp³-hybridized carbons (Fsp3) is 0.435. The van der Waals surface area contributed by atoms with Gasteiger partial charge in [0.05, 0.1) is 0 Å². The third kappa shape index (κ3) is 9.86. The summed E-state index contributed by atoms with van der Waals surface area (Å²) in [6.45, 7) is 23.5. The third-order valence-electron chi connectivity index (χ3n) is 10.8. The first-order valence-electron chi connectivity index (χ1n) is 18.5. The van der Waals surface area contributed by atoms with Crippen LogP contribution in [0.3, 0.4) is 0 Å². The SMILES string of the molecule is CC(C)Cc1csc2ccc(-c3ccnc(-c4[c-]c5ccccc5c(C(C)(C)C)c4)c3)cc12.CCC(C)(CC)C(=O)/C=C(\O)C(C)(CC)CC.[Ir]. The van der Waals surface area contributed by atoms with Crippen LogP contribution in [0.4, 0.5) is 0 Å². The first kappa shape index (κ1) is 42.3. The van der Waals surface area contributed by atoms with E-state index in [1.165, 1.54) is 43.8 Å². The summed E-state index contributed by atoms with van der Waals surface area (Å²) in [6, 6.07) is 25.6. The summed E-state index contributed by atoms with van der Waals surface area (Å²) in [5.74, 6) is 0.938. The predicted molar refractivity (Wildman–Crippen MR) is 217 cm³/mol. The van der Waals surface area contributed by atoms with E-state index in [-0.39, 0.29) is 47.9 Å². The zero-order valence-electron chi connectivity index (χ0n) is 32.7. The van der Waals surface area contributed by atoms with Crippen LogP contribution in [0.5, 0.6) is 0 Å². The number of aliphatic hydroxyl groups excluding tert-OH is 1. The van der Waals surface area contributed by atoms with E-state index in [9.17, 15) is 9.90 Å². The Labute approximate surface area is 325 Å². The number of hydrogen-bond acceptors (Lipinski definition) is 4. The molecular weight excluding hydrogens is 823 g/mol. The summed E-state index contributed by atoms with van der Waals surface area (Å²) in [4.78, 5) is 16.9. The largest absolute Gasteiger partial charge is 0.512 e. The van der Waals surface area contributed by atoms with Crippen molar-refractivity contribution in [2.75, 3.05) is 0 Å². The molecule has 0 saturated heterocycles. The fourth-order valence-corrected chi connectivity index (χ4v) is 7.24. The summed E-state index contributed by atoms with van der Waals surface area (Å²) in [7, 11) is 0. The molecule has 1 radical (unpaired) electrons. The molecule has 0 spiro atoms. The van der Waals surface area contributed by atoms with Gasteiger partial charge in [0.25, 0.3) is 0 Å². The number of fused-ring (bicyclic) bond motifs is 2. The van der Waals surface area contributed by atoms with E-state index in [1.54, 1.807) is 0 Å². The Bertz CT molecular complexity index is 1950. The summed E-state index contributed by atoms with van der Waals surface area (Å²) in [5.41, 5.74) is 6.69. The van der Waals surface area contributed by atoms with E-state index in [0.29, 0.717) is 5.92 Å². The smallest absolute Gasteiger partial charge is 0.164 e. The minimum absolute atomic E-state index is 0. The number of thiophene rings is 1. The molecule has 0 bridgehead atoms. The molecule has 5 aromatic rings. The number of pyridine rings is 1. The van der Waals surface area contributed by atoms with Crippen LogP contribution >= 0.6 is 11.3 Å². The first-order valence-corrected chi connectivity index (χ1v) is 19.3. The van der Waals surface area contributed by atoms with Crippen molar-refractivity contribution < 1.29 is 30.0 Å². The van der Waals surface area contributed by atoms with Gasteiger partial charge in [-0.1, -0.05) is 117 Å². The molecule has 0 aliphatic heterocycles. The number of aromatic nitrogens is 1. The molecule has 3 nitrogen and oxygen atoms in total. The van der Waals surface area contributed by atoms with Crippen LogP contribution in [0.2, 0.25) is 0 Å². The average molecular weight is 881 g/mol. The van der Waals surface area contributed by atoms with Crippen molar-refractivity contribution in [1.29, 1.82) is 0 Å². The Balaban J connectivity index is 0.000000335. The molecule has 0 aliphatic carbocycles. The van der Waals surface area contributed by atoms with Crippen molar-refractivity contribution in [3.63, 3.8) is 0 Å². The number of carbonyl (C=O) groups excluding carboxylic acids is 1. The van der Waals surface area contributed by atoms with E-state index in [2.05, 4.69) is 107 Å². The molecule has 3 aromatic carbocycles. The molecular formula is C46H58IrNO2S-. The molecule has 0 atom stereocenters. The van der Waals surface area contributed by atoms with E-state index in [4.69, 9.17) is 4.98 Å². The molecule has 0 saturated carbocycles. The first-order chi connectivity index (χ1) is 23.6. The second-order valence-corrected chi connectivity index (χ2v) is 16.7. The van der Waals surface area contributed by atoms with Gasteiger partial charge in [-0.05, 0) is 89.1 Å². The number of rotatable bonds is 11. The van der Waals surface area contributed by atoms with Crippen molar-refractivity contribution in [2.45, 2.75) is 114 Å². The maximum atomic E-state index is 12.2. The quantitative estimate of drug-likeness (QED) is 0.0817. The summed E-state index contributed by atoms with van der Waals surface area (Å²) < 4.78 is 1.36. The standard InChI is InChI=1S/C31H30NS.C15H28O2.Ir/c1-20(2)14-25-19-33-30-11-10-21(16-27(25)30)22-12-13-32-29(18-22)24-15-23-8-6-7-9-26(23)28(17-24)31(3,4)5;1-7-14(5,8-2)12(16)11-13(17)15(6,9-3)10-4;/h6-13,16-20H,14H2,1-5H3;11,16H,7-10H2,1-6H3;/q-1;;/b;12-11-;. The molecule has 5 heteroatoms.